The Morgan fingerprint density at radius 3 is 2.78 bits per heavy atom. The maximum atomic E-state index is 12.0. The number of nitrogens with one attached hydrogen (secondary N) is 2. The summed E-state index contributed by atoms with van der Waals surface area (Å²) in [7, 11) is 0. The van der Waals surface area contributed by atoms with Gasteiger partial charge in [0.25, 0.3) is 5.91 Å². The molecule has 0 radical (unpaired) electrons. The van der Waals surface area contributed by atoms with Crippen LogP contribution in [0, 0.1) is 5.92 Å². The molecule has 1 amide bonds. The number of carbonyl (C=O) groups excluding carboxylic acids is 1. The number of aromatic nitrogens is 1. The fourth-order valence-corrected chi connectivity index (χ4v) is 2.69. The Kier molecular flexibility index (Phi) is 7.11. The quantitative estimate of drug-likeness (QED) is 0.708. The van der Waals surface area contributed by atoms with Gasteiger partial charge in [0.05, 0.1) is 5.56 Å². The van der Waals surface area contributed by atoms with Crippen LogP contribution in [0.15, 0.2) is 30.0 Å². The van der Waals surface area contributed by atoms with Gasteiger partial charge in [0, 0.05) is 19.3 Å². The van der Waals surface area contributed by atoms with Crippen molar-refractivity contribution in [3.63, 3.8) is 0 Å². The molecule has 0 bridgehead atoms. The summed E-state index contributed by atoms with van der Waals surface area (Å²) < 4.78 is 0. The first-order chi connectivity index (χ1) is 11.1. The number of amides is 1. The molecule has 2 N–H and O–H groups in total. The average Bonchev–Trinajstić information content (AvgIpc) is 2.56. The van der Waals surface area contributed by atoms with Crippen molar-refractivity contribution >= 4 is 11.7 Å². The van der Waals surface area contributed by atoms with Gasteiger partial charge in [-0.25, -0.2) is 4.98 Å². The first-order valence-corrected chi connectivity index (χ1v) is 8.81. The van der Waals surface area contributed by atoms with E-state index in [-0.39, 0.29) is 5.91 Å². The topological polar surface area (TPSA) is 54.0 Å². The Hall–Kier alpha value is -1.84. The summed E-state index contributed by atoms with van der Waals surface area (Å²) in [5, 5.41) is 6.26. The maximum absolute atomic E-state index is 12.0. The Morgan fingerprint density at radius 1 is 1.26 bits per heavy atom. The van der Waals surface area contributed by atoms with Crippen LogP contribution in [-0.4, -0.2) is 24.0 Å². The molecule has 0 saturated carbocycles. The number of nitrogens with zero attached hydrogens (tertiary/aromatic N) is 1. The first-order valence-electron chi connectivity index (χ1n) is 8.81. The van der Waals surface area contributed by atoms with Gasteiger partial charge >= 0.3 is 0 Å². The standard InChI is InChI=1S/C19H29N3O/c1-15(2)10-12-21-19(23)17-8-9-18(22-14-17)20-13-11-16-6-4-3-5-7-16/h6,8-9,14-15H,3-5,7,10-13H2,1-2H3,(H,20,22)(H,21,23). The molecule has 1 aliphatic rings. The lowest BCUT2D eigenvalue weighted by Crippen LogP contribution is -2.25. The van der Waals surface area contributed by atoms with E-state index in [1.54, 1.807) is 11.8 Å². The summed E-state index contributed by atoms with van der Waals surface area (Å²) in [6.45, 7) is 5.92. The number of carbonyl (C=O) groups is 1. The molecule has 0 unspecified atom stereocenters. The van der Waals surface area contributed by atoms with Gasteiger partial charge in [0.1, 0.15) is 5.82 Å². The largest absolute Gasteiger partial charge is 0.370 e. The fourth-order valence-electron chi connectivity index (χ4n) is 2.69. The number of hydrogen-bond acceptors (Lipinski definition) is 3. The van der Waals surface area contributed by atoms with E-state index >= 15 is 0 Å². The molecule has 0 aromatic carbocycles. The van der Waals surface area contributed by atoms with Gasteiger partial charge in [-0.1, -0.05) is 25.5 Å². The van der Waals surface area contributed by atoms with Gasteiger partial charge in [-0.05, 0) is 56.6 Å². The van der Waals surface area contributed by atoms with E-state index in [1.165, 1.54) is 25.7 Å². The number of rotatable bonds is 8. The normalized spacial score (nSPS) is 14.5. The van der Waals surface area contributed by atoms with Crippen LogP contribution in [0.5, 0.6) is 0 Å². The highest BCUT2D eigenvalue weighted by Crippen LogP contribution is 2.19. The predicted octanol–water partition coefficient (Wildman–Crippen LogP) is 4.16. The lowest BCUT2D eigenvalue weighted by atomic mass is 9.97. The molecule has 126 valence electrons. The van der Waals surface area contributed by atoms with Gasteiger partial charge in [-0.2, -0.15) is 0 Å². The smallest absolute Gasteiger partial charge is 0.252 e. The van der Waals surface area contributed by atoms with Crippen molar-refractivity contribution in [2.75, 3.05) is 18.4 Å². The van der Waals surface area contributed by atoms with E-state index < -0.39 is 0 Å². The predicted molar refractivity (Wildman–Crippen MR) is 95.7 cm³/mol. The second kappa shape index (κ2) is 9.33. The van der Waals surface area contributed by atoms with E-state index in [0.29, 0.717) is 18.0 Å². The zero-order chi connectivity index (χ0) is 16.5. The molecule has 0 spiro atoms. The SMILES string of the molecule is CC(C)CCNC(=O)c1ccc(NCCC2=CCCCC2)nc1. The Bertz CT molecular complexity index is 520. The van der Waals surface area contributed by atoms with Crippen LogP contribution in [-0.2, 0) is 0 Å². The van der Waals surface area contributed by atoms with Crippen LogP contribution < -0.4 is 10.6 Å². The molecular weight excluding hydrogens is 286 g/mol. The first kappa shape index (κ1) is 17.5. The van der Waals surface area contributed by atoms with E-state index in [2.05, 4.69) is 35.5 Å². The summed E-state index contributed by atoms with van der Waals surface area (Å²) in [5.41, 5.74) is 2.18. The highest BCUT2D eigenvalue weighted by Gasteiger charge is 2.07. The molecule has 0 fully saturated rings. The number of allylic oxidation sites excluding steroid dienone is 1. The molecule has 23 heavy (non-hydrogen) atoms. The molecule has 1 aliphatic carbocycles. The van der Waals surface area contributed by atoms with Crippen molar-refractivity contribution in [1.82, 2.24) is 10.3 Å². The van der Waals surface area contributed by atoms with E-state index in [0.717, 1.165) is 25.2 Å². The summed E-state index contributed by atoms with van der Waals surface area (Å²) >= 11 is 0. The second-order valence-corrected chi connectivity index (χ2v) is 6.66. The lowest BCUT2D eigenvalue weighted by Gasteiger charge is -2.13. The van der Waals surface area contributed by atoms with Crippen LogP contribution in [0.25, 0.3) is 0 Å². The number of anilines is 1. The second-order valence-electron chi connectivity index (χ2n) is 6.66. The van der Waals surface area contributed by atoms with Gasteiger partial charge in [-0.15, -0.1) is 0 Å². The zero-order valence-electron chi connectivity index (χ0n) is 14.4. The van der Waals surface area contributed by atoms with Crippen molar-refractivity contribution in [3.8, 4) is 0 Å². The minimum absolute atomic E-state index is 0.0444. The maximum Gasteiger partial charge on any atom is 0.252 e. The third kappa shape index (κ3) is 6.43. The molecule has 0 aliphatic heterocycles. The minimum Gasteiger partial charge on any atom is -0.370 e. The Labute approximate surface area is 139 Å². The third-order valence-corrected chi connectivity index (χ3v) is 4.17. The summed E-state index contributed by atoms with van der Waals surface area (Å²) in [6, 6.07) is 3.71. The number of hydrogen-bond donors (Lipinski definition) is 2. The van der Waals surface area contributed by atoms with Crippen LogP contribution in [0.1, 0.15) is 62.7 Å². The summed E-state index contributed by atoms with van der Waals surface area (Å²) in [6.07, 6.45) is 11.2. The monoisotopic (exact) mass is 315 g/mol. The Balaban J connectivity index is 1.73. The van der Waals surface area contributed by atoms with Crippen molar-refractivity contribution in [1.29, 1.82) is 0 Å². The highest BCUT2D eigenvalue weighted by molar-refractivity contribution is 5.94. The van der Waals surface area contributed by atoms with Crippen molar-refractivity contribution in [2.45, 2.75) is 52.4 Å². The average molecular weight is 315 g/mol. The van der Waals surface area contributed by atoms with Crippen LogP contribution in [0.4, 0.5) is 5.82 Å². The van der Waals surface area contributed by atoms with E-state index in [9.17, 15) is 4.79 Å². The van der Waals surface area contributed by atoms with Crippen LogP contribution in [0.3, 0.4) is 0 Å². The molecule has 4 heteroatoms. The van der Waals surface area contributed by atoms with E-state index in [1.807, 2.05) is 12.1 Å². The van der Waals surface area contributed by atoms with Gasteiger partial charge in [0.2, 0.25) is 0 Å². The minimum atomic E-state index is -0.0444. The van der Waals surface area contributed by atoms with Crippen LogP contribution >= 0.6 is 0 Å². The van der Waals surface area contributed by atoms with Gasteiger partial charge < -0.3 is 10.6 Å². The molecule has 1 aromatic rings. The molecule has 0 saturated heterocycles. The zero-order valence-corrected chi connectivity index (χ0v) is 14.4. The molecule has 0 atom stereocenters. The van der Waals surface area contributed by atoms with Gasteiger partial charge in [-0.3, -0.25) is 4.79 Å². The summed E-state index contributed by atoms with van der Waals surface area (Å²) in [4.78, 5) is 16.3. The van der Waals surface area contributed by atoms with Crippen molar-refractivity contribution in [2.24, 2.45) is 5.92 Å². The fraction of sp³-hybridized carbons (Fsp3) is 0.579. The summed E-state index contributed by atoms with van der Waals surface area (Å²) in [5.74, 6) is 1.39. The molecular formula is C19H29N3O. The van der Waals surface area contributed by atoms with Crippen molar-refractivity contribution in [3.05, 3.63) is 35.5 Å². The third-order valence-electron chi connectivity index (χ3n) is 4.17. The molecule has 1 heterocycles. The van der Waals surface area contributed by atoms with Crippen molar-refractivity contribution < 1.29 is 4.79 Å². The highest BCUT2D eigenvalue weighted by atomic mass is 16.1. The molecule has 2 rings (SSSR count). The van der Waals surface area contributed by atoms with Gasteiger partial charge in [0.15, 0.2) is 0 Å². The van der Waals surface area contributed by atoms with E-state index in [4.69, 9.17) is 0 Å². The molecule has 4 nitrogen and oxygen atoms in total. The molecule has 1 aromatic heterocycles. The van der Waals surface area contributed by atoms with Crippen LogP contribution in [0.2, 0.25) is 0 Å². The Morgan fingerprint density at radius 2 is 2.13 bits per heavy atom. The number of pyridine rings is 1. The lowest BCUT2D eigenvalue weighted by molar-refractivity contribution is 0.0951.